The van der Waals surface area contributed by atoms with E-state index in [1.54, 1.807) is 12.3 Å². The van der Waals surface area contributed by atoms with E-state index >= 15 is 0 Å². The first-order chi connectivity index (χ1) is 8.60. The molecule has 0 unspecified atom stereocenters. The Balaban J connectivity index is 2.81. The number of pyridine rings is 1. The smallest absolute Gasteiger partial charge is 0.272 e. The molecular formula is C14H23N3O. The van der Waals surface area contributed by atoms with Crippen LogP contribution in [0.2, 0.25) is 0 Å². The maximum atomic E-state index is 12.3. The number of nitrogens with zero attached hydrogens (tertiary/aromatic N) is 2. The Bertz CT molecular complexity index is 373. The van der Waals surface area contributed by atoms with Crippen molar-refractivity contribution in [3.8, 4) is 0 Å². The molecule has 18 heavy (non-hydrogen) atoms. The monoisotopic (exact) mass is 249 g/mol. The largest absolute Gasteiger partial charge is 0.384 e. The lowest BCUT2D eigenvalue weighted by Crippen LogP contribution is -2.37. The minimum absolute atomic E-state index is 0.00917. The summed E-state index contributed by atoms with van der Waals surface area (Å²) in [5.74, 6) is 0.00917. The molecule has 0 atom stereocenters. The van der Waals surface area contributed by atoms with Crippen molar-refractivity contribution in [2.75, 3.05) is 18.4 Å². The fourth-order valence-electron chi connectivity index (χ4n) is 1.81. The second-order valence-corrected chi connectivity index (χ2v) is 4.55. The highest BCUT2D eigenvalue weighted by molar-refractivity contribution is 5.92. The zero-order valence-electron chi connectivity index (χ0n) is 11.7. The van der Waals surface area contributed by atoms with Crippen molar-refractivity contribution in [2.24, 2.45) is 0 Å². The highest BCUT2D eigenvalue weighted by Gasteiger charge is 2.18. The van der Waals surface area contributed by atoms with Gasteiger partial charge in [-0.1, -0.05) is 6.92 Å². The van der Waals surface area contributed by atoms with Crippen LogP contribution in [0.3, 0.4) is 0 Å². The van der Waals surface area contributed by atoms with Gasteiger partial charge in [0.15, 0.2) is 0 Å². The number of hydrogen-bond acceptors (Lipinski definition) is 3. The third kappa shape index (κ3) is 3.72. The van der Waals surface area contributed by atoms with Gasteiger partial charge in [0, 0.05) is 19.1 Å². The van der Waals surface area contributed by atoms with E-state index in [1.807, 2.05) is 31.7 Å². The zero-order chi connectivity index (χ0) is 13.5. The molecule has 1 heterocycles. The van der Waals surface area contributed by atoms with E-state index in [1.165, 1.54) is 0 Å². The van der Waals surface area contributed by atoms with Crippen LogP contribution in [0.15, 0.2) is 18.3 Å². The number of anilines is 1. The molecule has 4 nitrogen and oxygen atoms in total. The molecule has 1 aromatic heterocycles. The van der Waals surface area contributed by atoms with Crippen molar-refractivity contribution in [3.63, 3.8) is 0 Å². The normalized spacial score (nSPS) is 10.5. The molecule has 1 N–H and O–H groups in total. The third-order valence-electron chi connectivity index (χ3n) is 2.71. The molecule has 1 amide bonds. The molecule has 1 aromatic rings. The Morgan fingerprint density at radius 3 is 2.56 bits per heavy atom. The fraction of sp³-hybridized carbons (Fsp3) is 0.571. The van der Waals surface area contributed by atoms with Crippen LogP contribution in [0.4, 0.5) is 5.69 Å². The number of carbonyl (C=O) groups excluding carboxylic acids is 1. The van der Waals surface area contributed by atoms with Crippen molar-refractivity contribution >= 4 is 11.6 Å². The lowest BCUT2D eigenvalue weighted by atomic mass is 10.2. The van der Waals surface area contributed by atoms with Gasteiger partial charge in [0.25, 0.3) is 5.91 Å². The third-order valence-corrected chi connectivity index (χ3v) is 2.71. The van der Waals surface area contributed by atoms with E-state index in [4.69, 9.17) is 0 Å². The number of carbonyl (C=O) groups is 1. The summed E-state index contributed by atoms with van der Waals surface area (Å²) < 4.78 is 0. The quantitative estimate of drug-likeness (QED) is 0.843. The molecule has 0 aromatic carbocycles. The van der Waals surface area contributed by atoms with Gasteiger partial charge in [0.2, 0.25) is 0 Å². The molecule has 0 bridgehead atoms. The van der Waals surface area contributed by atoms with Crippen LogP contribution in [0.5, 0.6) is 0 Å². The Morgan fingerprint density at radius 1 is 1.39 bits per heavy atom. The number of amides is 1. The highest BCUT2D eigenvalue weighted by Crippen LogP contribution is 2.10. The number of rotatable bonds is 6. The average Bonchev–Trinajstić information content (AvgIpc) is 2.36. The Hall–Kier alpha value is -1.58. The van der Waals surface area contributed by atoms with Gasteiger partial charge in [-0.05, 0) is 39.3 Å². The van der Waals surface area contributed by atoms with Crippen LogP contribution >= 0.6 is 0 Å². The maximum absolute atomic E-state index is 12.3. The molecule has 0 fully saturated rings. The second-order valence-electron chi connectivity index (χ2n) is 4.55. The van der Waals surface area contributed by atoms with E-state index in [0.29, 0.717) is 5.69 Å². The first kappa shape index (κ1) is 14.5. The lowest BCUT2D eigenvalue weighted by molar-refractivity contribution is 0.0700. The maximum Gasteiger partial charge on any atom is 0.272 e. The predicted molar refractivity (Wildman–Crippen MR) is 74.9 cm³/mol. The number of aromatic nitrogens is 1. The summed E-state index contributed by atoms with van der Waals surface area (Å²) in [5, 5.41) is 3.16. The van der Waals surface area contributed by atoms with Crippen LogP contribution in [0, 0.1) is 0 Å². The summed E-state index contributed by atoms with van der Waals surface area (Å²) in [6.45, 7) is 9.78. The molecule has 4 heteroatoms. The highest BCUT2D eigenvalue weighted by atomic mass is 16.2. The van der Waals surface area contributed by atoms with Crippen molar-refractivity contribution in [3.05, 3.63) is 24.0 Å². The summed E-state index contributed by atoms with van der Waals surface area (Å²) in [6, 6.07) is 3.88. The summed E-state index contributed by atoms with van der Waals surface area (Å²) >= 11 is 0. The van der Waals surface area contributed by atoms with Crippen LogP contribution in [0.25, 0.3) is 0 Å². The number of nitrogens with one attached hydrogen (secondary N) is 1. The molecule has 0 spiro atoms. The summed E-state index contributed by atoms with van der Waals surface area (Å²) in [6.07, 6.45) is 2.67. The zero-order valence-corrected chi connectivity index (χ0v) is 11.7. The molecule has 0 saturated carbocycles. The van der Waals surface area contributed by atoms with Crippen molar-refractivity contribution < 1.29 is 4.79 Å². The van der Waals surface area contributed by atoms with Gasteiger partial charge in [-0.3, -0.25) is 4.79 Å². The Labute approximate surface area is 109 Å². The summed E-state index contributed by atoms with van der Waals surface area (Å²) in [5.41, 5.74) is 1.46. The van der Waals surface area contributed by atoms with Crippen molar-refractivity contribution in [1.82, 2.24) is 9.88 Å². The van der Waals surface area contributed by atoms with Crippen LogP contribution in [-0.2, 0) is 0 Å². The fourth-order valence-corrected chi connectivity index (χ4v) is 1.81. The molecular weight excluding hydrogens is 226 g/mol. The van der Waals surface area contributed by atoms with Gasteiger partial charge in [0.1, 0.15) is 5.69 Å². The van der Waals surface area contributed by atoms with E-state index in [9.17, 15) is 4.79 Å². The number of hydrogen-bond donors (Lipinski definition) is 1. The van der Waals surface area contributed by atoms with Crippen molar-refractivity contribution in [1.29, 1.82) is 0 Å². The van der Waals surface area contributed by atoms with E-state index in [-0.39, 0.29) is 11.9 Å². The molecule has 0 aliphatic heterocycles. The summed E-state index contributed by atoms with van der Waals surface area (Å²) in [7, 11) is 0. The molecule has 1 rings (SSSR count). The standard InChI is InChI=1S/C14H23N3O/c1-5-9-17(11(3)4)14(18)13-8-7-12(10-16-13)15-6-2/h7-8,10-11,15H,5-6,9H2,1-4H3. The van der Waals surface area contributed by atoms with E-state index < -0.39 is 0 Å². The second kappa shape index (κ2) is 6.99. The lowest BCUT2D eigenvalue weighted by Gasteiger charge is -2.25. The van der Waals surface area contributed by atoms with E-state index in [0.717, 1.165) is 25.2 Å². The van der Waals surface area contributed by atoms with Gasteiger partial charge in [-0.2, -0.15) is 0 Å². The molecule has 0 saturated heterocycles. The average molecular weight is 249 g/mol. The Morgan fingerprint density at radius 2 is 2.11 bits per heavy atom. The first-order valence-electron chi connectivity index (χ1n) is 6.61. The van der Waals surface area contributed by atoms with Gasteiger partial charge >= 0.3 is 0 Å². The Kier molecular flexibility index (Phi) is 5.62. The van der Waals surface area contributed by atoms with Gasteiger partial charge in [-0.25, -0.2) is 4.98 Å². The van der Waals surface area contributed by atoms with Crippen molar-refractivity contribution in [2.45, 2.75) is 40.2 Å². The minimum atomic E-state index is 0.00917. The van der Waals surface area contributed by atoms with Crippen LogP contribution in [-0.4, -0.2) is 34.9 Å². The van der Waals surface area contributed by atoms with Crippen LogP contribution in [0.1, 0.15) is 44.6 Å². The first-order valence-corrected chi connectivity index (χ1v) is 6.61. The van der Waals surface area contributed by atoms with E-state index in [2.05, 4.69) is 17.2 Å². The molecule has 0 radical (unpaired) electrons. The summed E-state index contributed by atoms with van der Waals surface area (Å²) in [4.78, 5) is 18.4. The minimum Gasteiger partial charge on any atom is -0.384 e. The van der Waals surface area contributed by atoms with Gasteiger partial charge < -0.3 is 10.2 Å². The predicted octanol–water partition coefficient (Wildman–Crippen LogP) is 2.77. The van der Waals surface area contributed by atoms with Crippen LogP contribution < -0.4 is 5.32 Å². The SMILES string of the molecule is CCCN(C(=O)c1ccc(NCC)cn1)C(C)C. The van der Waals surface area contributed by atoms with Gasteiger partial charge in [0.05, 0.1) is 11.9 Å². The molecule has 100 valence electrons. The van der Waals surface area contributed by atoms with Gasteiger partial charge in [-0.15, -0.1) is 0 Å². The molecule has 0 aliphatic carbocycles. The topological polar surface area (TPSA) is 45.2 Å². The molecule has 0 aliphatic rings.